The van der Waals surface area contributed by atoms with E-state index >= 15 is 0 Å². The first-order valence-corrected chi connectivity index (χ1v) is 8.89. The van der Waals surface area contributed by atoms with Gasteiger partial charge in [0.05, 0.1) is 25.3 Å². The number of ether oxygens (including phenoxy) is 2. The molecule has 5 nitrogen and oxygen atoms in total. The van der Waals surface area contributed by atoms with Crippen molar-refractivity contribution in [1.82, 2.24) is 4.90 Å². The van der Waals surface area contributed by atoms with Gasteiger partial charge in [-0.25, -0.2) is 4.79 Å². The summed E-state index contributed by atoms with van der Waals surface area (Å²) in [6, 6.07) is 11.8. The van der Waals surface area contributed by atoms with E-state index in [9.17, 15) is 9.90 Å². The molecule has 0 spiro atoms. The number of carbonyl (C=O) groups is 1. The second-order valence-corrected chi connectivity index (χ2v) is 6.60. The molecule has 1 aliphatic heterocycles. The molecule has 0 aromatic heterocycles. The van der Waals surface area contributed by atoms with Crippen molar-refractivity contribution < 1.29 is 19.4 Å². The molecule has 1 aliphatic rings. The van der Waals surface area contributed by atoms with Crippen LogP contribution < -0.4 is 9.47 Å². The summed E-state index contributed by atoms with van der Waals surface area (Å²) in [7, 11) is 3.07. The van der Waals surface area contributed by atoms with Crippen molar-refractivity contribution in [3.05, 3.63) is 47.5 Å². The second-order valence-electron chi connectivity index (χ2n) is 6.60. The Morgan fingerprint density at radius 3 is 2.04 bits per heavy atom. The fourth-order valence-electron chi connectivity index (χ4n) is 3.59. The number of benzene rings is 2. The minimum absolute atomic E-state index is 0.140. The molecular weight excluding hydrogens is 330 g/mol. The predicted octanol–water partition coefficient (Wildman–Crippen LogP) is 4.23. The summed E-state index contributed by atoms with van der Waals surface area (Å²) in [4.78, 5) is 13.8. The number of likely N-dealkylation sites (tertiary alicyclic amines) is 1. The summed E-state index contributed by atoms with van der Waals surface area (Å²) in [5.41, 5.74) is 3.12. The molecule has 138 valence electrons. The molecule has 2 aromatic rings. The van der Waals surface area contributed by atoms with Crippen LogP contribution in [-0.4, -0.2) is 43.3 Å². The van der Waals surface area contributed by atoms with Gasteiger partial charge in [0.15, 0.2) is 0 Å². The number of hydrogen-bond acceptors (Lipinski definition) is 4. The Bertz CT molecular complexity index is 754. The van der Waals surface area contributed by atoms with Gasteiger partial charge in [0.25, 0.3) is 0 Å². The predicted molar refractivity (Wildman–Crippen MR) is 101 cm³/mol. The van der Waals surface area contributed by atoms with Crippen LogP contribution in [-0.2, 0) is 0 Å². The van der Waals surface area contributed by atoms with Gasteiger partial charge >= 0.3 is 5.97 Å². The molecule has 1 atom stereocenters. The third-order valence-electron chi connectivity index (χ3n) is 5.12. The minimum atomic E-state index is -1.01. The van der Waals surface area contributed by atoms with Gasteiger partial charge in [-0.2, -0.15) is 0 Å². The van der Waals surface area contributed by atoms with Crippen molar-refractivity contribution in [3.8, 4) is 22.6 Å². The molecular formula is C21H25NO4. The average molecular weight is 355 g/mol. The lowest BCUT2D eigenvalue weighted by Crippen LogP contribution is -2.23. The fraction of sp³-hybridized carbons (Fsp3) is 0.381. The largest absolute Gasteiger partial charge is 0.496 e. The zero-order valence-electron chi connectivity index (χ0n) is 15.5. The summed E-state index contributed by atoms with van der Waals surface area (Å²) in [6.45, 7) is 4.55. The zero-order valence-corrected chi connectivity index (χ0v) is 15.5. The molecule has 1 unspecified atom stereocenters. The smallest absolute Gasteiger partial charge is 0.335 e. The van der Waals surface area contributed by atoms with Crippen LogP contribution in [0.2, 0.25) is 0 Å². The van der Waals surface area contributed by atoms with Crippen molar-refractivity contribution in [3.63, 3.8) is 0 Å². The molecule has 0 saturated carbocycles. The molecule has 0 amide bonds. The van der Waals surface area contributed by atoms with Crippen LogP contribution in [0.25, 0.3) is 11.1 Å². The average Bonchev–Trinajstić information content (AvgIpc) is 3.21. The Morgan fingerprint density at radius 1 is 1.04 bits per heavy atom. The molecule has 3 rings (SSSR count). The topological polar surface area (TPSA) is 59.0 Å². The summed E-state index contributed by atoms with van der Waals surface area (Å²) >= 11 is 0. The first-order valence-electron chi connectivity index (χ1n) is 8.89. The molecule has 1 fully saturated rings. The van der Waals surface area contributed by atoms with E-state index in [1.807, 2.05) is 12.1 Å². The number of rotatable bonds is 6. The first kappa shape index (κ1) is 18.3. The molecule has 26 heavy (non-hydrogen) atoms. The zero-order chi connectivity index (χ0) is 18.7. The standard InChI is InChI=1S/C21H25NO4/c1-14(22-10-4-5-11-22)15-6-8-16(9-7-15)20-18(25-2)12-17(21(23)24)13-19(20)26-3/h6-9,12-14H,4-5,10-11H2,1-3H3,(H,23,24). The van der Waals surface area contributed by atoms with E-state index in [-0.39, 0.29) is 5.56 Å². The monoisotopic (exact) mass is 355 g/mol. The van der Waals surface area contributed by atoms with E-state index in [1.54, 1.807) is 0 Å². The lowest BCUT2D eigenvalue weighted by atomic mass is 9.98. The van der Waals surface area contributed by atoms with E-state index < -0.39 is 5.97 Å². The summed E-state index contributed by atoms with van der Waals surface area (Å²) in [5.74, 6) is -0.0351. The summed E-state index contributed by atoms with van der Waals surface area (Å²) in [5, 5.41) is 9.27. The maximum atomic E-state index is 11.3. The number of carboxylic acids is 1. The number of aromatic carboxylic acids is 1. The van der Waals surface area contributed by atoms with Crippen molar-refractivity contribution >= 4 is 5.97 Å². The number of methoxy groups -OCH3 is 2. The van der Waals surface area contributed by atoms with Crippen molar-refractivity contribution in [2.45, 2.75) is 25.8 Å². The third kappa shape index (κ3) is 3.53. The Kier molecular flexibility index (Phi) is 5.47. The Labute approximate surface area is 154 Å². The first-order chi connectivity index (χ1) is 12.5. The van der Waals surface area contributed by atoms with Crippen molar-refractivity contribution in [2.75, 3.05) is 27.3 Å². The van der Waals surface area contributed by atoms with E-state index in [1.165, 1.54) is 44.8 Å². The van der Waals surface area contributed by atoms with Crippen LogP contribution in [0.5, 0.6) is 11.5 Å². The highest BCUT2D eigenvalue weighted by Crippen LogP contribution is 2.40. The Hall–Kier alpha value is -2.53. The molecule has 2 aromatic carbocycles. The Balaban J connectivity index is 1.96. The van der Waals surface area contributed by atoms with E-state index in [0.29, 0.717) is 17.5 Å². The highest BCUT2D eigenvalue weighted by Gasteiger charge is 2.21. The lowest BCUT2D eigenvalue weighted by molar-refractivity contribution is 0.0696. The second kappa shape index (κ2) is 7.79. The third-order valence-corrected chi connectivity index (χ3v) is 5.12. The van der Waals surface area contributed by atoms with Gasteiger partial charge < -0.3 is 14.6 Å². The van der Waals surface area contributed by atoms with E-state index in [4.69, 9.17) is 9.47 Å². The number of nitrogens with zero attached hydrogens (tertiary/aromatic N) is 1. The fourth-order valence-corrected chi connectivity index (χ4v) is 3.59. The minimum Gasteiger partial charge on any atom is -0.496 e. The summed E-state index contributed by atoms with van der Waals surface area (Å²) in [6.07, 6.45) is 2.54. The van der Waals surface area contributed by atoms with E-state index in [0.717, 1.165) is 24.2 Å². The molecule has 5 heteroatoms. The molecule has 0 aliphatic carbocycles. The number of carboxylic acid groups (broad SMARTS) is 1. The van der Waals surface area contributed by atoms with Crippen LogP contribution in [0.3, 0.4) is 0 Å². The lowest BCUT2D eigenvalue weighted by Gasteiger charge is -2.24. The van der Waals surface area contributed by atoms with Crippen LogP contribution in [0.4, 0.5) is 0 Å². The maximum absolute atomic E-state index is 11.3. The van der Waals surface area contributed by atoms with Crippen molar-refractivity contribution in [1.29, 1.82) is 0 Å². The Morgan fingerprint density at radius 2 is 1.58 bits per heavy atom. The van der Waals surface area contributed by atoms with Crippen LogP contribution >= 0.6 is 0 Å². The summed E-state index contributed by atoms with van der Waals surface area (Å²) < 4.78 is 10.9. The normalized spacial score (nSPS) is 15.7. The highest BCUT2D eigenvalue weighted by molar-refractivity contribution is 5.91. The quantitative estimate of drug-likeness (QED) is 0.840. The highest BCUT2D eigenvalue weighted by atomic mass is 16.5. The molecule has 1 saturated heterocycles. The SMILES string of the molecule is COc1cc(C(=O)O)cc(OC)c1-c1ccc(C(C)N2CCCC2)cc1. The molecule has 1 heterocycles. The molecule has 0 bridgehead atoms. The van der Waals surface area contributed by atoms with Crippen LogP contribution in [0.1, 0.15) is 41.7 Å². The van der Waals surface area contributed by atoms with Gasteiger partial charge in [-0.05, 0) is 56.1 Å². The molecule has 1 N–H and O–H groups in total. The van der Waals surface area contributed by atoms with Gasteiger partial charge in [0, 0.05) is 6.04 Å². The van der Waals surface area contributed by atoms with E-state index in [2.05, 4.69) is 24.0 Å². The number of hydrogen-bond donors (Lipinski definition) is 1. The van der Waals surface area contributed by atoms with Gasteiger partial charge in [-0.15, -0.1) is 0 Å². The van der Waals surface area contributed by atoms with Gasteiger partial charge in [-0.3, -0.25) is 4.90 Å². The van der Waals surface area contributed by atoms with Gasteiger partial charge in [0.2, 0.25) is 0 Å². The van der Waals surface area contributed by atoms with Gasteiger partial charge in [-0.1, -0.05) is 24.3 Å². The van der Waals surface area contributed by atoms with Crippen LogP contribution in [0, 0.1) is 0 Å². The van der Waals surface area contributed by atoms with Crippen molar-refractivity contribution in [2.24, 2.45) is 0 Å². The molecule has 0 radical (unpaired) electrons. The van der Waals surface area contributed by atoms with Gasteiger partial charge in [0.1, 0.15) is 11.5 Å². The van der Waals surface area contributed by atoms with Crippen LogP contribution in [0.15, 0.2) is 36.4 Å². The maximum Gasteiger partial charge on any atom is 0.335 e.